The largest absolute Gasteiger partial charge is 0.300 e. The van der Waals surface area contributed by atoms with Crippen molar-refractivity contribution in [2.45, 2.75) is 59.8 Å². The highest BCUT2D eigenvalue weighted by Crippen LogP contribution is 2.14. The van der Waals surface area contributed by atoms with E-state index in [1.165, 1.54) is 24.8 Å². The number of hydrogen-bond donors (Lipinski definition) is 0. The number of carbonyl (C=O) groups excluding carboxylic acids is 1. The highest BCUT2D eigenvalue weighted by molar-refractivity contribution is 5.75. The molecule has 0 spiro atoms. The molecule has 0 fully saturated rings. The SMILES string of the molecule is CC(=O)CCC[C@H](C)CCC=C(C)C. The van der Waals surface area contributed by atoms with Crippen LogP contribution in [0.15, 0.2) is 11.6 Å². The molecule has 14 heavy (non-hydrogen) atoms. The van der Waals surface area contributed by atoms with Crippen molar-refractivity contribution < 1.29 is 4.79 Å². The normalized spacial score (nSPS) is 12.3. The second kappa shape index (κ2) is 7.78. The molecule has 0 bridgehead atoms. The standard InChI is InChI=1S/C13H24O/c1-11(2)7-5-8-12(3)9-6-10-13(4)14/h7,12H,5-6,8-10H2,1-4H3/t12-/m1/s1. The highest BCUT2D eigenvalue weighted by Gasteiger charge is 2.01. The van der Waals surface area contributed by atoms with Gasteiger partial charge in [0.05, 0.1) is 0 Å². The first-order chi connectivity index (χ1) is 6.52. The number of hydrogen-bond acceptors (Lipinski definition) is 1. The topological polar surface area (TPSA) is 17.1 Å². The molecule has 0 unspecified atom stereocenters. The molecule has 82 valence electrons. The van der Waals surface area contributed by atoms with Gasteiger partial charge in [0.25, 0.3) is 0 Å². The number of carbonyl (C=O) groups is 1. The maximum absolute atomic E-state index is 10.7. The molecule has 0 amide bonds. The van der Waals surface area contributed by atoms with Crippen molar-refractivity contribution in [2.75, 3.05) is 0 Å². The summed E-state index contributed by atoms with van der Waals surface area (Å²) in [5.41, 5.74) is 1.40. The minimum absolute atomic E-state index is 0.321. The summed E-state index contributed by atoms with van der Waals surface area (Å²) in [7, 11) is 0. The van der Waals surface area contributed by atoms with E-state index in [1.54, 1.807) is 6.92 Å². The number of rotatable bonds is 7. The first kappa shape index (κ1) is 13.4. The summed E-state index contributed by atoms with van der Waals surface area (Å²) >= 11 is 0. The fourth-order valence-corrected chi connectivity index (χ4v) is 1.50. The Kier molecular flexibility index (Phi) is 7.45. The Balaban J connectivity index is 3.41. The predicted octanol–water partition coefficient (Wildman–Crippen LogP) is 4.13. The molecule has 0 N–H and O–H groups in total. The Morgan fingerprint density at radius 2 is 1.86 bits per heavy atom. The molecule has 1 atom stereocenters. The molecule has 0 aliphatic rings. The van der Waals surface area contributed by atoms with E-state index >= 15 is 0 Å². The van der Waals surface area contributed by atoms with E-state index < -0.39 is 0 Å². The molecule has 0 aromatic heterocycles. The zero-order chi connectivity index (χ0) is 11.0. The Bertz CT molecular complexity index is 187. The van der Waals surface area contributed by atoms with Crippen LogP contribution in [0, 0.1) is 5.92 Å². The Morgan fingerprint density at radius 1 is 1.21 bits per heavy atom. The second-order valence-electron chi connectivity index (χ2n) is 4.56. The van der Waals surface area contributed by atoms with Gasteiger partial charge in [-0.15, -0.1) is 0 Å². The van der Waals surface area contributed by atoms with Gasteiger partial charge in [0, 0.05) is 6.42 Å². The van der Waals surface area contributed by atoms with Crippen LogP contribution in [0.25, 0.3) is 0 Å². The highest BCUT2D eigenvalue weighted by atomic mass is 16.1. The van der Waals surface area contributed by atoms with E-state index in [0.29, 0.717) is 5.78 Å². The average Bonchev–Trinajstić information content (AvgIpc) is 2.02. The fourth-order valence-electron chi connectivity index (χ4n) is 1.50. The van der Waals surface area contributed by atoms with E-state index in [0.717, 1.165) is 18.8 Å². The molecule has 1 heteroatoms. The average molecular weight is 196 g/mol. The predicted molar refractivity (Wildman–Crippen MR) is 62.4 cm³/mol. The summed E-state index contributed by atoms with van der Waals surface area (Å²) in [6, 6.07) is 0. The van der Waals surface area contributed by atoms with Gasteiger partial charge in [-0.25, -0.2) is 0 Å². The van der Waals surface area contributed by atoms with E-state index in [2.05, 4.69) is 26.8 Å². The lowest BCUT2D eigenvalue weighted by Crippen LogP contribution is -1.97. The molecule has 0 saturated carbocycles. The zero-order valence-electron chi connectivity index (χ0n) is 10.1. The van der Waals surface area contributed by atoms with Crippen LogP contribution in [0.5, 0.6) is 0 Å². The quantitative estimate of drug-likeness (QED) is 0.560. The summed E-state index contributed by atoms with van der Waals surface area (Å²) in [5.74, 6) is 1.08. The van der Waals surface area contributed by atoms with Crippen LogP contribution in [-0.2, 0) is 4.79 Å². The monoisotopic (exact) mass is 196 g/mol. The molecule has 0 radical (unpaired) electrons. The molecular formula is C13H24O. The minimum Gasteiger partial charge on any atom is -0.300 e. The van der Waals surface area contributed by atoms with Gasteiger partial charge in [0.1, 0.15) is 5.78 Å². The lowest BCUT2D eigenvalue weighted by molar-refractivity contribution is -0.117. The van der Waals surface area contributed by atoms with Crippen LogP contribution in [0.2, 0.25) is 0 Å². The zero-order valence-corrected chi connectivity index (χ0v) is 10.1. The number of ketones is 1. The van der Waals surface area contributed by atoms with Crippen molar-refractivity contribution in [2.24, 2.45) is 5.92 Å². The van der Waals surface area contributed by atoms with Crippen molar-refractivity contribution in [3.63, 3.8) is 0 Å². The summed E-state index contributed by atoms with van der Waals surface area (Å²) in [4.78, 5) is 10.7. The van der Waals surface area contributed by atoms with E-state index in [4.69, 9.17) is 0 Å². The van der Waals surface area contributed by atoms with E-state index in [-0.39, 0.29) is 0 Å². The van der Waals surface area contributed by atoms with Gasteiger partial charge in [-0.2, -0.15) is 0 Å². The van der Waals surface area contributed by atoms with Gasteiger partial charge in [-0.1, -0.05) is 25.0 Å². The number of allylic oxidation sites excluding steroid dienone is 2. The Hall–Kier alpha value is -0.590. The van der Waals surface area contributed by atoms with Crippen LogP contribution in [0.4, 0.5) is 0 Å². The molecule has 0 heterocycles. The molecule has 1 nitrogen and oxygen atoms in total. The summed E-state index contributed by atoms with van der Waals surface area (Å²) < 4.78 is 0. The van der Waals surface area contributed by atoms with Crippen molar-refractivity contribution in [3.05, 3.63) is 11.6 Å². The van der Waals surface area contributed by atoms with Gasteiger partial charge >= 0.3 is 0 Å². The molecule has 0 saturated heterocycles. The summed E-state index contributed by atoms with van der Waals surface area (Å²) in [5, 5.41) is 0. The number of Topliss-reactive ketones (excluding diaryl/α,β-unsaturated/α-hetero) is 1. The molecular weight excluding hydrogens is 172 g/mol. The van der Waals surface area contributed by atoms with E-state index in [1.807, 2.05) is 0 Å². The lowest BCUT2D eigenvalue weighted by Gasteiger charge is -2.08. The van der Waals surface area contributed by atoms with Crippen LogP contribution in [-0.4, -0.2) is 5.78 Å². The first-order valence-corrected chi connectivity index (χ1v) is 5.65. The van der Waals surface area contributed by atoms with Gasteiger partial charge in [0.15, 0.2) is 0 Å². The van der Waals surface area contributed by atoms with E-state index in [9.17, 15) is 4.79 Å². The van der Waals surface area contributed by atoms with Gasteiger partial charge in [-0.3, -0.25) is 0 Å². The summed E-state index contributed by atoms with van der Waals surface area (Å²) in [6.45, 7) is 8.23. The molecule has 0 aromatic rings. The minimum atomic E-state index is 0.321. The first-order valence-electron chi connectivity index (χ1n) is 5.65. The van der Waals surface area contributed by atoms with Gasteiger partial charge in [-0.05, 0) is 46.0 Å². The maximum Gasteiger partial charge on any atom is 0.129 e. The van der Waals surface area contributed by atoms with Crippen LogP contribution >= 0.6 is 0 Å². The Morgan fingerprint density at radius 3 is 2.36 bits per heavy atom. The third kappa shape index (κ3) is 9.50. The van der Waals surface area contributed by atoms with Crippen molar-refractivity contribution >= 4 is 5.78 Å². The van der Waals surface area contributed by atoms with Gasteiger partial charge in [0.2, 0.25) is 0 Å². The van der Waals surface area contributed by atoms with Crippen molar-refractivity contribution in [1.29, 1.82) is 0 Å². The van der Waals surface area contributed by atoms with Crippen LogP contribution in [0.3, 0.4) is 0 Å². The fraction of sp³-hybridized carbons (Fsp3) is 0.769. The Labute approximate surface area is 88.6 Å². The van der Waals surface area contributed by atoms with Gasteiger partial charge < -0.3 is 4.79 Å². The van der Waals surface area contributed by atoms with Crippen molar-refractivity contribution in [3.8, 4) is 0 Å². The third-order valence-electron chi connectivity index (χ3n) is 2.44. The summed E-state index contributed by atoms with van der Waals surface area (Å²) in [6.07, 6.45) is 7.74. The smallest absolute Gasteiger partial charge is 0.129 e. The molecule has 0 aliphatic carbocycles. The molecule has 0 aliphatic heterocycles. The van der Waals surface area contributed by atoms with Crippen LogP contribution in [0.1, 0.15) is 59.8 Å². The van der Waals surface area contributed by atoms with Crippen molar-refractivity contribution in [1.82, 2.24) is 0 Å². The third-order valence-corrected chi connectivity index (χ3v) is 2.44. The maximum atomic E-state index is 10.7. The molecule has 0 aromatic carbocycles. The molecule has 0 rings (SSSR count). The van der Waals surface area contributed by atoms with Crippen LogP contribution < -0.4 is 0 Å². The second-order valence-corrected chi connectivity index (χ2v) is 4.56. The lowest BCUT2D eigenvalue weighted by atomic mass is 9.98.